The third-order valence-corrected chi connectivity index (χ3v) is 6.40. The molecule has 0 radical (unpaired) electrons. The topological polar surface area (TPSA) is 121 Å². The lowest BCUT2D eigenvalue weighted by molar-refractivity contribution is 0.0828. The molecule has 0 saturated heterocycles. The van der Waals surface area contributed by atoms with E-state index >= 15 is 0 Å². The molecule has 3 heterocycles. The lowest BCUT2D eigenvalue weighted by atomic mass is 9.86. The number of rotatable bonds is 6. The molecule has 2 aromatic carbocycles. The first-order chi connectivity index (χ1) is 17.9. The fraction of sp³-hybridized carbons (Fsp3) is 0.222. The first-order valence-corrected chi connectivity index (χ1v) is 11.8. The normalized spacial score (nSPS) is 18.1. The van der Waals surface area contributed by atoms with Gasteiger partial charge in [-0.15, -0.1) is 0 Å². The summed E-state index contributed by atoms with van der Waals surface area (Å²) in [6, 6.07) is 14.4. The van der Waals surface area contributed by atoms with E-state index in [1.54, 1.807) is 27.3 Å². The van der Waals surface area contributed by atoms with Gasteiger partial charge >= 0.3 is 6.03 Å². The Morgan fingerprint density at radius 1 is 1.14 bits per heavy atom. The van der Waals surface area contributed by atoms with Crippen molar-refractivity contribution in [3.05, 3.63) is 83.8 Å². The summed E-state index contributed by atoms with van der Waals surface area (Å²) in [6.07, 6.45) is 5.67. The fourth-order valence-corrected chi connectivity index (χ4v) is 4.58. The van der Waals surface area contributed by atoms with Crippen LogP contribution in [-0.2, 0) is 0 Å². The van der Waals surface area contributed by atoms with Gasteiger partial charge in [-0.3, -0.25) is 15.4 Å². The van der Waals surface area contributed by atoms with E-state index in [0.717, 1.165) is 28.0 Å². The van der Waals surface area contributed by atoms with Crippen LogP contribution in [-0.4, -0.2) is 55.9 Å². The molecule has 1 aromatic heterocycles. The number of methoxy groups -OCH3 is 1. The molecule has 2 unspecified atom stereocenters. The zero-order chi connectivity index (χ0) is 25.9. The van der Waals surface area contributed by atoms with Crippen LogP contribution in [0.2, 0.25) is 0 Å². The number of amides is 3. The van der Waals surface area contributed by atoms with Crippen LogP contribution in [0, 0.1) is 5.92 Å². The van der Waals surface area contributed by atoms with Crippen molar-refractivity contribution in [2.24, 2.45) is 5.92 Å². The van der Waals surface area contributed by atoms with Gasteiger partial charge in [0.25, 0.3) is 5.91 Å². The van der Waals surface area contributed by atoms with Gasteiger partial charge in [0.2, 0.25) is 0 Å². The number of fused-ring (bicyclic) bond motifs is 1. The van der Waals surface area contributed by atoms with Gasteiger partial charge in [-0.25, -0.2) is 4.79 Å². The number of nitrogens with zero attached hydrogens (tertiary/aromatic N) is 2. The average Bonchev–Trinajstić information content (AvgIpc) is 3.57. The van der Waals surface area contributed by atoms with Crippen LogP contribution in [0.1, 0.15) is 21.5 Å². The molecule has 10 nitrogen and oxygen atoms in total. The van der Waals surface area contributed by atoms with Crippen molar-refractivity contribution >= 4 is 34.6 Å². The minimum Gasteiger partial charge on any atom is -0.496 e. The summed E-state index contributed by atoms with van der Waals surface area (Å²) in [5.74, 6) is 0.929. The molecule has 2 aliphatic rings. The Hall–Kier alpha value is -4.57. The number of ether oxygens (including phenoxy) is 1. The standard InChI is InChI=1S/C27H28N6O4/c1-33(2)26(34)20-12-16(8-9-22(20)30-27(35)31-24-10-11-37-32-24)17-13-19-21(15-29-25(19)28-14-17)18-6-4-5-7-23(18)36-3/h4-13,15,19,25,28-29H,14H2,1-3H3,(H2,30,31,32,35). The molecule has 0 saturated carbocycles. The molecule has 3 aromatic rings. The number of benzene rings is 2. The third-order valence-electron chi connectivity index (χ3n) is 6.40. The number of carbonyl (C=O) groups excluding carboxylic acids is 2. The maximum atomic E-state index is 13.0. The summed E-state index contributed by atoms with van der Waals surface area (Å²) in [4.78, 5) is 27.0. The molecule has 5 rings (SSSR count). The van der Waals surface area contributed by atoms with E-state index in [0.29, 0.717) is 17.8 Å². The molecule has 0 bridgehead atoms. The van der Waals surface area contributed by atoms with E-state index in [1.165, 1.54) is 17.2 Å². The third kappa shape index (κ3) is 4.91. The molecular formula is C27H28N6O4. The lowest BCUT2D eigenvalue weighted by Crippen LogP contribution is -2.44. The van der Waals surface area contributed by atoms with Gasteiger partial charge in [-0.2, -0.15) is 0 Å². The van der Waals surface area contributed by atoms with Gasteiger partial charge in [-0.05, 0) is 34.9 Å². The molecule has 10 heteroatoms. The Bertz CT molecular complexity index is 1380. The number of hydrogen-bond acceptors (Lipinski definition) is 7. The summed E-state index contributed by atoms with van der Waals surface area (Å²) in [7, 11) is 5.02. The summed E-state index contributed by atoms with van der Waals surface area (Å²) in [5, 5.41) is 16.0. The van der Waals surface area contributed by atoms with E-state index in [4.69, 9.17) is 9.26 Å². The van der Waals surface area contributed by atoms with Crippen LogP contribution >= 0.6 is 0 Å². The number of para-hydroxylation sites is 1. The smallest absolute Gasteiger partial charge is 0.324 e. The molecule has 0 spiro atoms. The second-order valence-electron chi connectivity index (χ2n) is 8.97. The van der Waals surface area contributed by atoms with E-state index in [-0.39, 0.29) is 23.8 Å². The second kappa shape index (κ2) is 10.2. The first kappa shape index (κ1) is 24.1. The summed E-state index contributed by atoms with van der Waals surface area (Å²) >= 11 is 0. The molecule has 0 fully saturated rings. The molecule has 190 valence electrons. The predicted octanol–water partition coefficient (Wildman–Crippen LogP) is 3.60. The number of carbonyl (C=O) groups is 2. The number of anilines is 2. The highest BCUT2D eigenvalue weighted by molar-refractivity contribution is 6.06. The maximum Gasteiger partial charge on any atom is 0.324 e. The zero-order valence-electron chi connectivity index (χ0n) is 20.7. The molecule has 2 atom stereocenters. The SMILES string of the molecule is COc1ccccc1C1=CNC2NCC(c3ccc(NC(=O)Nc4ccon4)c(C(=O)N(C)C)c3)=CC12. The highest BCUT2D eigenvalue weighted by Crippen LogP contribution is 2.39. The maximum absolute atomic E-state index is 13.0. The van der Waals surface area contributed by atoms with Crippen LogP contribution in [0.25, 0.3) is 11.1 Å². The van der Waals surface area contributed by atoms with Crippen LogP contribution < -0.4 is 26.0 Å². The largest absolute Gasteiger partial charge is 0.496 e. The molecular weight excluding hydrogens is 472 g/mol. The monoisotopic (exact) mass is 500 g/mol. The van der Waals surface area contributed by atoms with E-state index in [2.05, 4.69) is 38.6 Å². The predicted molar refractivity (Wildman–Crippen MR) is 141 cm³/mol. The average molecular weight is 501 g/mol. The summed E-state index contributed by atoms with van der Waals surface area (Å²) < 4.78 is 10.3. The van der Waals surface area contributed by atoms with Gasteiger partial charge in [0, 0.05) is 44.4 Å². The Labute approximate surface area is 214 Å². The molecule has 37 heavy (non-hydrogen) atoms. The molecule has 3 amide bonds. The Morgan fingerprint density at radius 3 is 2.73 bits per heavy atom. The summed E-state index contributed by atoms with van der Waals surface area (Å²) in [6.45, 7) is 0.621. The second-order valence-corrected chi connectivity index (χ2v) is 8.97. The van der Waals surface area contributed by atoms with Gasteiger partial charge < -0.3 is 24.8 Å². The van der Waals surface area contributed by atoms with Crippen molar-refractivity contribution in [2.75, 3.05) is 38.4 Å². The molecule has 4 N–H and O–H groups in total. The quantitative estimate of drug-likeness (QED) is 0.408. The Balaban J connectivity index is 1.45. The van der Waals surface area contributed by atoms with E-state index in [9.17, 15) is 9.59 Å². The van der Waals surface area contributed by atoms with Crippen molar-refractivity contribution in [1.82, 2.24) is 20.7 Å². The van der Waals surface area contributed by atoms with Crippen molar-refractivity contribution in [3.8, 4) is 5.75 Å². The van der Waals surface area contributed by atoms with Gasteiger partial charge in [0.1, 0.15) is 12.0 Å². The minimum absolute atomic E-state index is 0.0627. The van der Waals surface area contributed by atoms with E-state index in [1.807, 2.05) is 36.5 Å². The Morgan fingerprint density at radius 2 is 1.97 bits per heavy atom. The highest BCUT2D eigenvalue weighted by Gasteiger charge is 2.33. The number of urea groups is 1. The van der Waals surface area contributed by atoms with Crippen molar-refractivity contribution in [3.63, 3.8) is 0 Å². The zero-order valence-corrected chi connectivity index (χ0v) is 20.7. The fourth-order valence-electron chi connectivity index (χ4n) is 4.58. The number of nitrogens with one attached hydrogen (secondary N) is 4. The summed E-state index contributed by atoms with van der Waals surface area (Å²) in [5.41, 5.74) is 4.88. The van der Waals surface area contributed by atoms with Crippen LogP contribution in [0.3, 0.4) is 0 Å². The lowest BCUT2D eigenvalue weighted by Gasteiger charge is -2.29. The van der Waals surface area contributed by atoms with Gasteiger partial charge in [0.05, 0.1) is 24.5 Å². The van der Waals surface area contributed by atoms with Gasteiger partial charge in [-0.1, -0.05) is 35.5 Å². The number of aromatic nitrogens is 1. The minimum atomic E-state index is -0.528. The van der Waals surface area contributed by atoms with Crippen molar-refractivity contribution in [2.45, 2.75) is 6.17 Å². The Kier molecular flexibility index (Phi) is 6.65. The number of hydrogen-bond donors (Lipinski definition) is 4. The van der Waals surface area contributed by atoms with Crippen LogP contribution in [0.4, 0.5) is 16.3 Å². The molecule has 0 aliphatic carbocycles. The van der Waals surface area contributed by atoms with Crippen LogP contribution in [0.5, 0.6) is 5.75 Å². The highest BCUT2D eigenvalue weighted by atomic mass is 16.5. The first-order valence-electron chi connectivity index (χ1n) is 11.8. The van der Waals surface area contributed by atoms with Crippen LogP contribution in [0.15, 0.2) is 71.6 Å². The van der Waals surface area contributed by atoms with Crippen molar-refractivity contribution < 1.29 is 18.8 Å². The van der Waals surface area contributed by atoms with Gasteiger partial charge in [0.15, 0.2) is 5.82 Å². The molecule has 2 aliphatic heterocycles. The van der Waals surface area contributed by atoms with E-state index < -0.39 is 6.03 Å². The van der Waals surface area contributed by atoms with Crippen molar-refractivity contribution in [1.29, 1.82) is 0 Å².